The molecular weight excluding hydrogens is 224 g/mol. The quantitative estimate of drug-likeness (QED) is 0.707. The topological polar surface area (TPSA) is 24.3 Å². The standard InChI is InChI=1S/C14H14N4/c1-3-8-17-11-12-5-4-9-18(12)16(2)13-6-7-15-10-14(13)17/h1,4-7,9-10H,8,11H2,2H3. The van der Waals surface area contributed by atoms with Crippen molar-refractivity contribution in [2.75, 3.05) is 23.5 Å². The van der Waals surface area contributed by atoms with Crippen molar-refractivity contribution in [1.82, 2.24) is 9.66 Å². The number of fused-ring (bicyclic) bond motifs is 2. The summed E-state index contributed by atoms with van der Waals surface area (Å²) < 4.78 is 2.13. The Hall–Kier alpha value is -2.41. The Morgan fingerprint density at radius 1 is 1.39 bits per heavy atom. The van der Waals surface area contributed by atoms with Gasteiger partial charge in [-0.2, -0.15) is 0 Å². The van der Waals surface area contributed by atoms with Crippen molar-refractivity contribution < 1.29 is 0 Å². The van der Waals surface area contributed by atoms with Gasteiger partial charge in [0.2, 0.25) is 0 Å². The van der Waals surface area contributed by atoms with Gasteiger partial charge in [-0.05, 0) is 18.2 Å². The number of nitrogens with zero attached hydrogens (tertiary/aromatic N) is 4. The minimum absolute atomic E-state index is 0.581. The SMILES string of the molecule is C#CCN1Cc2cccn2N(C)c2ccncc21. The number of hydrogen-bond donors (Lipinski definition) is 0. The predicted molar refractivity (Wildman–Crippen MR) is 72.4 cm³/mol. The third-order valence-electron chi connectivity index (χ3n) is 3.24. The Labute approximate surface area is 106 Å². The number of anilines is 2. The van der Waals surface area contributed by atoms with E-state index < -0.39 is 0 Å². The summed E-state index contributed by atoms with van der Waals surface area (Å²) in [7, 11) is 2.04. The molecule has 4 nitrogen and oxygen atoms in total. The zero-order valence-electron chi connectivity index (χ0n) is 10.2. The van der Waals surface area contributed by atoms with Crippen molar-refractivity contribution in [3.8, 4) is 12.3 Å². The van der Waals surface area contributed by atoms with Gasteiger partial charge < -0.3 is 4.90 Å². The minimum atomic E-state index is 0.581. The van der Waals surface area contributed by atoms with Crippen molar-refractivity contribution in [3.05, 3.63) is 42.5 Å². The van der Waals surface area contributed by atoms with Crippen LogP contribution in [-0.4, -0.2) is 23.3 Å². The van der Waals surface area contributed by atoms with Crippen molar-refractivity contribution in [3.63, 3.8) is 0 Å². The van der Waals surface area contributed by atoms with Crippen LogP contribution >= 0.6 is 0 Å². The number of hydrogen-bond acceptors (Lipinski definition) is 3. The zero-order valence-corrected chi connectivity index (χ0v) is 10.2. The highest BCUT2D eigenvalue weighted by atomic mass is 15.5. The molecule has 3 rings (SSSR count). The van der Waals surface area contributed by atoms with E-state index in [1.165, 1.54) is 5.69 Å². The van der Waals surface area contributed by atoms with Crippen molar-refractivity contribution in [2.45, 2.75) is 6.54 Å². The van der Waals surface area contributed by atoms with E-state index in [9.17, 15) is 0 Å². The monoisotopic (exact) mass is 238 g/mol. The molecule has 18 heavy (non-hydrogen) atoms. The first-order valence-electron chi connectivity index (χ1n) is 5.84. The van der Waals surface area contributed by atoms with Crippen LogP contribution in [-0.2, 0) is 6.54 Å². The molecule has 4 heteroatoms. The minimum Gasteiger partial charge on any atom is -0.352 e. The second-order valence-electron chi connectivity index (χ2n) is 4.29. The highest BCUT2D eigenvalue weighted by molar-refractivity contribution is 5.71. The van der Waals surface area contributed by atoms with Gasteiger partial charge >= 0.3 is 0 Å². The molecule has 2 aromatic heterocycles. The number of pyridine rings is 1. The van der Waals surface area contributed by atoms with Gasteiger partial charge in [-0.15, -0.1) is 6.42 Å². The average molecular weight is 238 g/mol. The van der Waals surface area contributed by atoms with Gasteiger partial charge in [0.25, 0.3) is 0 Å². The van der Waals surface area contributed by atoms with E-state index in [0.717, 1.165) is 17.9 Å². The third-order valence-corrected chi connectivity index (χ3v) is 3.24. The van der Waals surface area contributed by atoms with Crippen molar-refractivity contribution in [2.24, 2.45) is 0 Å². The molecule has 90 valence electrons. The van der Waals surface area contributed by atoms with Crippen LogP contribution in [0.25, 0.3) is 0 Å². The largest absolute Gasteiger partial charge is 0.352 e. The van der Waals surface area contributed by atoms with Crippen LogP contribution in [0.15, 0.2) is 36.8 Å². The Morgan fingerprint density at radius 2 is 2.28 bits per heavy atom. The fourth-order valence-corrected chi connectivity index (χ4v) is 2.37. The summed E-state index contributed by atoms with van der Waals surface area (Å²) in [6.45, 7) is 1.37. The van der Waals surface area contributed by atoms with Gasteiger partial charge in [-0.3, -0.25) is 14.7 Å². The van der Waals surface area contributed by atoms with Gasteiger partial charge in [0.05, 0.1) is 36.4 Å². The lowest BCUT2D eigenvalue weighted by Gasteiger charge is -2.23. The molecule has 1 aliphatic rings. The third kappa shape index (κ3) is 1.52. The molecule has 0 spiro atoms. The molecular formula is C14H14N4. The van der Waals surface area contributed by atoms with Gasteiger partial charge in [0.1, 0.15) is 0 Å². The van der Waals surface area contributed by atoms with Gasteiger partial charge in [-0.25, -0.2) is 0 Å². The van der Waals surface area contributed by atoms with E-state index in [0.29, 0.717) is 6.54 Å². The number of aromatic nitrogens is 2. The highest BCUT2D eigenvalue weighted by Gasteiger charge is 2.21. The Kier molecular flexibility index (Phi) is 2.45. The molecule has 0 N–H and O–H groups in total. The maximum atomic E-state index is 5.46. The van der Waals surface area contributed by atoms with E-state index in [1.54, 1.807) is 6.20 Å². The second kappa shape index (κ2) is 4.11. The molecule has 0 bridgehead atoms. The normalized spacial score (nSPS) is 13.6. The van der Waals surface area contributed by atoms with Crippen LogP contribution in [0.4, 0.5) is 11.4 Å². The van der Waals surface area contributed by atoms with E-state index in [4.69, 9.17) is 6.42 Å². The summed E-state index contributed by atoms with van der Waals surface area (Å²) in [5, 5.41) is 2.11. The molecule has 0 saturated carbocycles. The Morgan fingerprint density at radius 3 is 3.11 bits per heavy atom. The van der Waals surface area contributed by atoms with E-state index in [-0.39, 0.29) is 0 Å². The van der Waals surface area contributed by atoms with E-state index in [2.05, 4.69) is 37.8 Å². The molecule has 0 fully saturated rings. The van der Waals surface area contributed by atoms with Gasteiger partial charge in [-0.1, -0.05) is 5.92 Å². The lowest BCUT2D eigenvalue weighted by molar-refractivity contribution is 0.731. The summed E-state index contributed by atoms with van der Waals surface area (Å²) in [6.07, 6.45) is 11.2. The molecule has 0 saturated heterocycles. The van der Waals surface area contributed by atoms with Crippen LogP contribution in [0.1, 0.15) is 5.69 Å². The average Bonchev–Trinajstić information content (AvgIpc) is 2.82. The molecule has 0 radical (unpaired) electrons. The highest BCUT2D eigenvalue weighted by Crippen LogP contribution is 2.32. The fourth-order valence-electron chi connectivity index (χ4n) is 2.37. The van der Waals surface area contributed by atoms with Gasteiger partial charge in [0.15, 0.2) is 0 Å². The summed E-state index contributed by atoms with van der Waals surface area (Å²) in [6, 6.07) is 6.17. The van der Waals surface area contributed by atoms with Crippen molar-refractivity contribution in [1.29, 1.82) is 0 Å². The first-order valence-corrected chi connectivity index (χ1v) is 5.84. The lowest BCUT2D eigenvalue weighted by Crippen LogP contribution is -2.24. The van der Waals surface area contributed by atoms with Gasteiger partial charge in [0, 0.05) is 19.4 Å². The number of rotatable bonds is 1. The van der Waals surface area contributed by atoms with Crippen LogP contribution in [0, 0.1) is 12.3 Å². The summed E-state index contributed by atoms with van der Waals surface area (Å²) in [5.74, 6) is 2.71. The lowest BCUT2D eigenvalue weighted by atomic mass is 10.3. The Balaban J connectivity index is 2.17. The summed E-state index contributed by atoms with van der Waals surface area (Å²) in [4.78, 5) is 6.37. The first kappa shape index (κ1) is 10.7. The summed E-state index contributed by atoms with van der Waals surface area (Å²) >= 11 is 0. The van der Waals surface area contributed by atoms with Crippen LogP contribution in [0.3, 0.4) is 0 Å². The molecule has 0 amide bonds. The smallest absolute Gasteiger partial charge is 0.0839 e. The molecule has 3 heterocycles. The molecule has 0 unspecified atom stereocenters. The zero-order chi connectivity index (χ0) is 12.5. The van der Waals surface area contributed by atoms with Crippen LogP contribution in [0.5, 0.6) is 0 Å². The Bertz CT molecular complexity index is 608. The first-order chi connectivity index (χ1) is 8.81. The molecule has 2 aromatic rings. The summed E-state index contributed by atoms with van der Waals surface area (Å²) in [5.41, 5.74) is 3.39. The molecule has 0 atom stereocenters. The maximum absolute atomic E-state index is 5.46. The fraction of sp³-hybridized carbons (Fsp3) is 0.214. The van der Waals surface area contributed by atoms with Crippen molar-refractivity contribution >= 4 is 11.4 Å². The maximum Gasteiger partial charge on any atom is 0.0839 e. The molecule has 0 aromatic carbocycles. The molecule has 0 aliphatic carbocycles. The predicted octanol–water partition coefficient (Wildman–Crippen LogP) is 1.74. The molecule has 1 aliphatic heterocycles. The van der Waals surface area contributed by atoms with Crippen LogP contribution in [0.2, 0.25) is 0 Å². The van der Waals surface area contributed by atoms with Crippen LogP contribution < -0.4 is 9.91 Å². The van der Waals surface area contributed by atoms with E-state index in [1.807, 2.05) is 25.4 Å². The van der Waals surface area contributed by atoms with E-state index >= 15 is 0 Å². The second-order valence-corrected chi connectivity index (χ2v) is 4.29. The number of terminal acetylenes is 1.